The predicted molar refractivity (Wildman–Crippen MR) is 68.1 cm³/mol. The molecule has 3 aliphatic carbocycles. The van der Waals surface area contributed by atoms with Crippen molar-refractivity contribution in [3.05, 3.63) is 22.7 Å². The summed E-state index contributed by atoms with van der Waals surface area (Å²) in [4.78, 5) is 15.2. The summed E-state index contributed by atoms with van der Waals surface area (Å²) >= 11 is 1.61. The average molecular weight is 265 g/mol. The Morgan fingerprint density at radius 1 is 1.56 bits per heavy atom. The number of aliphatic hydroxyl groups is 1. The van der Waals surface area contributed by atoms with E-state index in [1.807, 2.05) is 5.38 Å². The standard InChI is InChI=1S/C13H15NO3S/c15-11(16)7-13(17)6-8-1-2-9(13)5-10(8)12-14-3-4-18-12/h3-5,8-9,17H,1-2,6-7H2,(H,15,16). The zero-order chi connectivity index (χ0) is 12.8. The molecule has 96 valence electrons. The lowest BCUT2D eigenvalue weighted by molar-refractivity contribution is -0.147. The zero-order valence-electron chi connectivity index (χ0n) is 9.87. The van der Waals surface area contributed by atoms with Crippen molar-refractivity contribution in [1.82, 2.24) is 4.98 Å². The summed E-state index contributed by atoms with van der Waals surface area (Å²) in [5.74, 6) is -0.711. The Bertz CT molecular complexity index is 496. The van der Waals surface area contributed by atoms with Gasteiger partial charge in [0.1, 0.15) is 5.01 Å². The molecule has 0 aliphatic heterocycles. The molecule has 2 N–H and O–H groups in total. The SMILES string of the molecule is O=C(O)CC1(O)CC2CCC1C=C2c1nccs1. The molecule has 0 spiro atoms. The van der Waals surface area contributed by atoms with Crippen LogP contribution >= 0.6 is 11.3 Å². The fourth-order valence-corrected chi connectivity index (χ4v) is 4.01. The van der Waals surface area contributed by atoms with Gasteiger partial charge in [0, 0.05) is 17.5 Å². The van der Waals surface area contributed by atoms with Crippen LogP contribution in [0.3, 0.4) is 0 Å². The molecule has 0 radical (unpaired) electrons. The molecule has 5 heteroatoms. The third-order valence-corrected chi connectivity index (χ3v) is 4.90. The fraction of sp³-hybridized carbons (Fsp3) is 0.538. The molecule has 1 heterocycles. The molecule has 3 aliphatic rings. The highest BCUT2D eigenvalue weighted by atomic mass is 32.1. The maximum Gasteiger partial charge on any atom is 0.306 e. The van der Waals surface area contributed by atoms with E-state index in [4.69, 9.17) is 5.11 Å². The third-order valence-electron chi connectivity index (χ3n) is 4.07. The van der Waals surface area contributed by atoms with Gasteiger partial charge in [0.15, 0.2) is 0 Å². The summed E-state index contributed by atoms with van der Waals surface area (Å²) in [7, 11) is 0. The number of carboxylic acids is 1. The molecule has 4 rings (SSSR count). The van der Waals surface area contributed by atoms with Crippen LogP contribution in [0.2, 0.25) is 0 Å². The lowest BCUT2D eigenvalue weighted by atomic mass is 9.62. The molecule has 1 aromatic heterocycles. The summed E-state index contributed by atoms with van der Waals surface area (Å²) < 4.78 is 0. The number of nitrogens with zero attached hydrogens (tertiary/aromatic N) is 1. The van der Waals surface area contributed by atoms with Crippen molar-refractivity contribution in [2.24, 2.45) is 11.8 Å². The number of aromatic nitrogens is 1. The molecule has 1 saturated carbocycles. The Labute approximate surface area is 109 Å². The van der Waals surface area contributed by atoms with Crippen LogP contribution in [0, 0.1) is 11.8 Å². The van der Waals surface area contributed by atoms with Gasteiger partial charge in [0.25, 0.3) is 0 Å². The second kappa shape index (κ2) is 4.17. The minimum Gasteiger partial charge on any atom is -0.481 e. The first kappa shape index (κ1) is 11.9. The smallest absolute Gasteiger partial charge is 0.306 e. The number of hydrogen-bond acceptors (Lipinski definition) is 4. The highest BCUT2D eigenvalue weighted by Crippen LogP contribution is 2.51. The van der Waals surface area contributed by atoms with E-state index < -0.39 is 11.6 Å². The van der Waals surface area contributed by atoms with Crippen molar-refractivity contribution in [2.75, 3.05) is 0 Å². The third kappa shape index (κ3) is 1.87. The lowest BCUT2D eigenvalue weighted by Crippen LogP contribution is -2.47. The molecule has 3 unspecified atom stereocenters. The molecule has 1 fully saturated rings. The van der Waals surface area contributed by atoms with Crippen molar-refractivity contribution in [2.45, 2.75) is 31.3 Å². The molecule has 0 amide bonds. The Morgan fingerprint density at radius 2 is 2.39 bits per heavy atom. The summed E-state index contributed by atoms with van der Waals surface area (Å²) in [5, 5.41) is 22.4. The monoisotopic (exact) mass is 265 g/mol. The van der Waals surface area contributed by atoms with Crippen molar-refractivity contribution < 1.29 is 15.0 Å². The van der Waals surface area contributed by atoms with Gasteiger partial charge in [-0.15, -0.1) is 11.3 Å². The van der Waals surface area contributed by atoms with E-state index in [1.165, 1.54) is 5.57 Å². The number of rotatable bonds is 3. The molecule has 2 bridgehead atoms. The number of aliphatic carboxylic acids is 1. The largest absolute Gasteiger partial charge is 0.481 e. The van der Waals surface area contributed by atoms with Crippen LogP contribution in [-0.4, -0.2) is 26.8 Å². The number of fused-ring (bicyclic) bond motifs is 2. The van der Waals surface area contributed by atoms with Crippen molar-refractivity contribution in [3.63, 3.8) is 0 Å². The van der Waals surface area contributed by atoms with Crippen LogP contribution in [0.4, 0.5) is 0 Å². The summed E-state index contributed by atoms with van der Waals surface area (Å²) in [5.41, 5.74) is 0.145. The van der Waals surface area contributed by atoms with Gasteiger partial charge in [-0.3, -0.25) is 4.79 Å². The van der Waals surface area contributed by atoms with Crippen LogP contribution in [-0.2, 0) is 4.79 Å². The first-order valence-corrected chi connectivity index (χ1v) is 7.02. The highest BCUT2D eigenvalue weighted by Gasteiger charge is 2.48. The van der Waals surface area contributed by atoms with Crippen LogP contribution in [0.25, 0.3) is 5.57 Å². The van der Waals surface area contributed by atoms with E-state index in [1.54, 1.807) is 17.5 Å². The zero-order valence-corrected chi connectivity index (χ0v) is 10.7. The van der Waals surface area contributed by atoms with E-state index in [-0.39, 0.29) is 18.3 Å². The van der Waals surface area contributed by atoms with Crippen molar-refractivity contribution in [1.29, 1.82) is 0 Å². The number of carbonyl (C=O) groups is 1. The first-order valence-electron chi connectivity index (χ1n) is 6.14. The van der Waals surface area contributed by atoms with Crippen LogP contribution in [0.5, 0.6) is 0 Å². The predicted octanol–water partition coefficient (Wildman–Crippen LogP) is 2.16. The van der Waals surface area contributed by atoms with E-state index in [9.17, 15) is 9.90 Å². The quantitative estimate of drug-likeness (QED) is 0.878. The second-order valence-electron chi connectivity index (χ2n) is 5.22. The van der Waals surface area contributed by atoms with Gasteiger partial charge in [-0.1, -0.05) is 6.08 Å². The maximum absolute atomic E-state index is 10.9. The van der Waals surface area contributed by atoms with Gasteiger partial charge in [-0.05, 0) is 30.8 Å². The Morgan fingerprint density at radius 3 is 2.94 bits per heavy atom. The second-order valence-corrected chi connectivity index (χ2v) is 6.11. The molecule has 3 atom stereocenters. The first-order chi connectivity index (χ1) is 8.58. The number of hydrogen-bond donors (Lipinski definition) is 2. The molecular formula is C13H15NO3S. The van der Waals surface area contributed by atoms with Gasteiger partial charge in [-0.25, -0.2) is 4.98 Å². The van der Waals surface area contributed by atoms with E-state index >= 15 is 0 Å². The fourth-order valence-electron chi connectivity index (χ4n) is 3.26. The van der Waals surface area contributed by atoms with Crippen LogP contribution < -0.4 is 0 Å². The number of allylic oxidation sites excluding steroid dienone is 1. The molecule has 0 aromatic carbocycles. The van der Waals surface area contributed by atoms with Crippen LogP contribution in [0.15, 0.2) is 17.7 Å². The topological polar surface area (TPSA) is 70.4 Å². The normalized spacial score (nSPS) is 34.4. The number of thiazole rings is 1. The Kier molecular flexibility index (Phi) is 2.75. The summed E-state index contributed by atoms with van der Waals surface area (Å²) in [6.07, 6.45) is 6.14. The Hall–Kier alpha value is -1.20. The lowest BCUT2D eigenvalue weighted by Gasteiger charge is -2.46. The van der Waals surface area contributed by atoms with Gasteiger partial charge in [-0.2, -0.15) is 0 Å². The van der Waals surface area contributed by atoms with Gasteiger partial charge >= 0.3 is 5.97 Å². The van der Waals surface area contributed by atoms with Crippen molar-refractivity contribution in [3.8, 4) is 0 Å². The molecule has 18 heavy (non-hydrogen) atoms. The Balaban J connectivity index is 1.91. The van der Waals surface area contributed by atoms with Gasteiger partial charge in [0.05, 0.1) is 12.0 Å². The number of carboxylic acid groups (broad SMARTS) is 1. The van der Waals surface area contributed by atoms with Crippen LogP contribution in [0.1, 0.15) is 30.7 Å². The average Bonchev–Trinajstić information content (AvgIpc) is 2.81. The minimum atomic E-state index is -1.06. The molecule has 1 aromatic rings. The van der Waals surface area contributed by atoms with E-state index in [2.05, 4.69) is 11.1 Å². The van der Waals surface area contributed by atoms with Gasteiger partial charge < -0.3 is 10.2 Å². The molecule has 4 nitrogen and oxygen atoms in total. The van der Waals surface area contributed by atoms with Gasteiger partial charge in [0.2, 0.25) is 0 Å². The van der Waals surface area contributed by atoms with Crippen molar-refractivity contribution >= 4 is 22.9 Å². The molecular weight excluding hydrogens is 250 g/mol. The van der Waals surface area contributed by atoms with E-state index in [0.717, 1.165) is 17.8 Å². The minimum absolute atomic E-state index is 0.0440. The summed E-state index contributed by atoms with van der Waals surface area (Å²) in [6.45, 7) is 0. The summed E-state index contributed by atoms with van der Waals surface area (Å²) in [6, 6.07) is 0. The maximum atomic E-state index is 10.9. The highest BCUT2D eigenvalue weighted by molar-refractivity contribution is 7.10. The molecule has 0 saturated heterocycles. The van der Waals surface area contributed by atoms with E-state index in [0.29, 0.717) is 6.42 Å².